The molecule has 2 heteroatoms. The lowest BCUT2D eigenvalue weighted by Gasteiger charge is -1.99. The quantitative estimate of drug-likeness (QED) is 0.550. The average Bonchev–Trinajstić information content (AvgIpc) is 2.90. The van der Waals surface area contributed by atoms with Crippen molar-refractivity contribution in [2.75, 3.05) is 0 Å². The summed E-state index contributed by atoms with van der Waals surface area (Å²) >= 11 is 0. The van der Waals surface area contributed by atoms with Gasteiger partial charge in [0, 0.05) is 6.42 Å². The molecule has 0 atom stereocenters. The van der Waals surface area contributed by atoms with E-state index in [0.717, 1.165) is 12.3 Å². The number of amidine groups is 1. The first-order chi connectivity index (χ1) is 6.34. The topological polar surface area (TPSA) is 38.4 Å². The molecule has 0 aromatic heterocycles. The second-order valence-electron chi connectivity index (χ2n) is 3.51. The van der Waals surface area contributed by atoms with E-state index in [1.54, 1.807) is 0 Å². The Morgan fingerprint density at radius 3 is 2.62 bits per heavy atom. The minimum Gasteiger partial charge on any atom is -0.387 e. The lowest BCUT2D eigenvalue weighted by atomic mass is 10.1. The molecule has 1 fully saturated rings. The number of benzene rings is 1. The molecule has 1 aromatic rings. The van der Waals surface area contributed by atoms with Crippen LogP contribution in [0.5, 0.6) is 0 Å². The van der Waals surface area contributed by atoms with Crippen LogP contribution in [-0.4, -0.2) is 11.9 Å². The fourth-order valence-corrected chi connectivity index (χ4v) is 1.29. The van der Waals surface area contributed by atoms with Crippen molar-refractivity contribution in [1.29, 1.82) is 0 Å². The van der Waals surface area contributed by atoms with Crippen molar-refractivity contribution in [2.24, 2.45) is 10.7 Å². The molecule has 68 valence electrons. The number of rotatable bonds is 3. The first-order valence-electron chi connectivity index (χ1n) is 4.70. The van der Waals surface area contributed by atoms with Gasteiger partial charge < -0.3 is 5.73 Å². The van der Waals surface area contributed by atoms with Gasteiger partial charge in [-0.25, -0.2) is 0 Å². The van der Waals surface area contributed by atoms with Crippen molar-refractivity contribution in [3.8, 4) is 0 Å². The van der Waals surface area contributed by atoms with E-state index in [0.29, 0.717) is 6.04 Å². The van der Waals surface area contributed by atoms with E-state index in [-0.39, 0.29) is 0 Å². The van der Waals surface area contributed by atoms with Crippen LogP contribution in [-0.2, 0) is 6.42 Å². The molecule has 1 aliphatic rings. The van der Waals surface area contributed by atoms with Crippen LogP contribution >= 0.6 is 0 Å². The van der Waals surface area contributed by atoms with E-state index in [1.807, 2.05) is 18.2 Å². The zero-order chi connectivity index (χ0) is 9.10. The number of hydrogen-bond donors (Lipinski definition) is 1. The Morgan fingerprint density at radius 2 is 2.00 bits per heavy atom. The monoisotopic (exact) mass is 174 g/mol. The summed E-state index contributed by atoms with van der Waals surface area (Å²) in [5.41, 5.74) is 7.04. The maximum absolute atomic E-state index is 5.80. The van der Waals surface area contributed by atoms with Crippen LogP contribution < -0.4 is 5.73 Å². The zero-order valence-corrected chi connectivity index (χ0v) is 7.61. The predicted octanol–water partition coefficient (Wildman–Crippen LogP) is 1.75. The fraction of sp³-hybridized carbons (Fsp3) is 0.364. The molecule has 1 saturated carbocycles. The van der Waals surface area contributed by atoms with Crippen LogP contribution in [0.2, 0.25) is 0 Å². The molecule has 0 amide bonds. The minimum absolute atomic E-state index is 0.531. The molecular formula is C11H14N2. The molecule has 0 radical (unpaired) electrons. The Hall–Kier alpha value is -1.31. The molecule has 0 spiro atoms. The van der Waals surface area contributed by atoms with Crippen molar-refractivity contribution in [3.63, 3.8) is 0 Å². The summed E-state index contributed by atoms with van der Waals surface area (Å²) in [5, 5.41) is 0. The number of nitrogens with two attached hydrogens (primary N) is 1. The number of aliphatic imine (C=N–C) groups is 1. The molecule has 2 rings (SSSR count). The van der Waals surface area contributed by atoms with E-state index in [4.69, 9.17) is 5.73 Å². The smallest absolute Gasteiger partial charge is 0.0984 e. The SMILES string of the molecule is NC(Cc1ccccc1)=NC1CC1. The Kier molecular flexibility index (Phi) is 2.30. The third-order valence-electron chi connectivity index (χ3n) is 2.12. The number of hydrogen-bond acceptors (Lipinski definition) is 1. The molecular weight excluding hydrogens is 160 g/mol. The van der Waals surface area contributed by atoms with Crippen LogP contribution in [0.15, 0.2) is 35.3 Å². The Morgan fingerprint density at radius 1 is 1.31 bits per heavy atom. The van der Waals surface area contributed by atoms with Gasteiger partial charge in [-0.05, 0) is 18.4 Å². The maximum Gasteiger partial charge on any atom is 0.0984 e. The highest BCUT2D eigenvalue weighted by atomic mass is 14.9. The fourth-order valence-electron chi connectivity index (χ4n) is 1.29. The van der Waals surface area contributed by atoms with Crippen LogP contribution in [0.1, 0.15) is 18.4 Å². The maximum atomic E-state index is 5.80. The van der Waals surface area contributed by atoms with E-state index in [9.17, 15) is 0 Å². The molecule has 13 heavy (non-hydrogen) atoms. The van der Waals surface area contributed by atoms with Gasteiger partial charge in [0.15, 0.2) is 0 Å². The summed E-state index contributed by atoms with van der Waals surface area (Å²) in [6, 6.07) is 10.8. The molecule has 0 heterocycles. The Bertz CT molecular complexity index is 299. The largest absolute Gasteiger partial charge is 0.387 e. The first kappa shape index (κ1) is 8.30. The summed E-state index contributed by atoms with van der Waals surface area (Å²) in [5.74, 6) is 0.772. The normalized spacial score (nSPS) is 17.4. The predicted molar refractivity (Wildman–Crippen MR) is 54.8 cm³/mol. The van der Waals surface area contributed by atoms with Crippen molar-refractivity contribution < 1.29 is 0 Å². The molecule has 0 saturated heterocycles. The molecule has 1 aromatic carbocycles. The van der Waals surface area contributed by atoms with E-state index >= 15 is 0 Å². The third kappa shape index (κ3) is 2.58. The summed E-state index contributed by atoms with van der Waals surface area (Å²) in [7, 11) is 0. The summed E-state index contributed by atoms with van der Waals surface area (Å²) in [6.07, 6.45) is 3.22. The van der Waals surface area contributed by atoms with Gasteiger partial charge in [-0.3, -0.25) is 4.99 Å². The van der Waals surface area contributed by atoms with Crippen molar-refractivity contribution in [1.82, 2.24) is 0 Å². The minimum atomic E-state index is 0.531. The molecule has 0 aliphatic heterocycles. The molecule has 1 aliphatic carbocycles. The lowest BCUT2D eigenvalue weighted by Crippen LogP contribution is -2.15. The van der Waals surface area contributed by atoms with Crippen LogP contribution in [0.4, 0.5) is 0 Å². The van der Waals surface area contributed by atoms with Gasteiger partial charge in [-0.15, -0.1) is 0 Å². The van der Waals surface area contributed by atoms with Gasteiger partial charge in [0.2, 0.25) is 0 Å². The Labute approximate surface area is 78.5 Å². The van der Waals surface area contributed by atoms with Gasteiger partial charge in [0.25, 0.3) is 0 Å². The van der Waals surface area contributed by atoms with Crippen LogP contribution in [0.25, 0.3) is 0 Å². The van der Waals surface area contributed by atoms with Gasteiger partial charge in [0.05, 0.1) is 11.9 Å². The summed E-state index contributed by atoms with van der Waals surface area (Å²) in [4.78, 5) is 4.38. The molecule has 2 N–H and O–H groups in total. The van der Waals surface area contributed by atoms with E-state index < -0.39 is 0 Å². The second-order valence-corrected chi connectivity index (χ2v) is 3.51. The average molecular weight is 174 g/mol. The molecule has 0 bridgehead atoms. The first-order valence-corrected chi connectivity index (χ1v) is 4.70. The van der Waals surface area contributed by atoms with Gasteiger partial charge in [0.1, 0.15) is 0 Å². The van der Waals surface area contributed by atoms with Crippen molar-refractivity contribution in [3.05, 3.63) is 35.9 Å². The summed E-state index contributed by atoms with van der Waals surface area (Å²) < 4.78 is 0. The van der Waals surface area contributed by atoms with Crippen molar-refractivity contribution >= 4 is 5.84 Å². The van der Waals surface area contributed by atoms with Crippen LogP contribution in [0.3, 0.4) is 0 Å². The Balaban J connectivity index is 1.97. The highest BCUT2D eigenvalue weighted by Gasteiger charge is 2.20. The third-order valence-corrected chi connectivity index (χ3v) is 2.12. The van der Waals surface area contributed by atoms with E-state index in [1.165, 1.54) is 18.4 Å². The van der Waals surface area contributed by atoms with Gasteiger partial charge >= 0.3 is 0 Å². The number of nitrogens with zero attached hydrogens (tertiary/aromatic N) is 1. The van der Waals surface area contributed by atoms with E-state index in [2.05, 4.69) is 17.1 Å². The lowest BCUT2D eigenvalue weighted by molar-refractivity contribution is 1.04. The van der Waals surface area contributed by atoms with Crippen LogP contribution in [0, 0.1) is 0 Å². The van der Waals surface area contributed by atoms with Gasteiger partial charge in [-0.2, -0.15) is 0 Å². The molecule has 2 nitrogen and oxygen atoms in total. The van der Waals surface area contributed by atoms with Crippen molar-refractivity contribution in [2.45, 2.75) is 25.3 Å². The highest BCUT2D eigenvalue weighted by Crippen LogP contribution is 2.23. The standard InChI is InChI=1S/C11H14N2/c12-11(13-10-6-7-10)8-9-4-2-1-3-5-9/h1-5,10H,6-8H2,(H2,12,13). The zero-order valence-electron chi connectivity index (χ0n) is 7.61. The molecule has 0 unspecified atom stereocenters. The highest BCUT2D eigenvalue weighted by molar-refractivity contribution is 5.82. The van der Waals surface area contributed by atoms with Gasteiger partial charge in [-0.1, -0.05) is 30.3 Å². The summed E-state index contributed by atoms with van der Waals surface area (Å²) in [6.45, 7) is 0. The second kappa shape index (κ2) is 3.60.